The van der Waals surface area contributed by atoms with Crippen molar-refractivity contribution in [1.82, 2.24) is 4.98 Å². The van der Waals surface area contributed by atoms with Crippen LogP contribution in [0.4, 0.5) is 5.13 Å². The predicted octanol–water partition coefficient (Wildman–Crippen LogP) is 2.12. The van der Waals surface area contributed by atoms with E-state index in [4.69, 9.17) is 4.74 Å². The van der Waals surface area contributed by atoms with E-state index in [-0.39, 0.29) is 0 Å². The lowest BCUT2D eigenvalue weighted by Gasteiger charge is -2.26. The van der Waals surface area contributed by atoms with Crippen LogP contribution in [-0.2, 0) is 16.0 Å². The zero-order chi connectivity index (χ0) is 14.1. The Bertz CT molecular complexity index is 497. The van der Waals surface area contributed by atoms with Crippen LogP contribution in [0.2, 0.25) is 0 Å². The monoisotopic (exact) mass is 296 g/mol. The number of fused-ring (bicyclic) bond motifs is 1. The molecule has 2 heterocycles. The summed E-state index contributed by atoms with van der Waals surface area (Å²) < 4.78 is 5.38. The second-order valence-corrected chi connectivity index (χ2v) is 6.73. The van der Waals surface area contributed by atoms with Crippen LogP contribution in [0.15, 0.2) is 0 Å². The molecule has 1 fully saturated rings. The van der Waals surface area contributed by atoms with Crippen LogP contribution in [-0.4, -0.2) is 42.9 Å². The first-order valence-electron chi connectivity index (χ1n) is 7.16. The first-order valence-corrected chi connectivity index (χ1v) is 7.98. The third kappa shape index (κ3) is 2.67. The summed E-state index contributed by atoms with van der Waals surface area (Å²) in [6.07, 6.45) is 3.77. The third-order valence-corrected chi connectivity index (χ3v) is 5.45. The summed E-state index contributed by atoms with van der Waals surface area (Å²) in [4.78, 5) is 19.1. The average molecular weight is 296 g/mol. The number of nitrogens with zero attached hydrogens (tertiary/aromatic N) is 2. The van der Waals surface area contributed by atoms with Crippen molar-refractivity contribution in [1.29, 1.82) is 0 Å². The largest absolute Gasteiger partial charge is 0.481 e. The van der Waals surface area contributed by atoms with Crippen molar-refractivity contribution in [2.24, 2.45) is 5.92 Å². The van der Waals surface area contributed by atoms with Crippen molar-refractivity contribution in [3.05, 3.63) is 10.6 Å². The molecule has 0 aromatic carbocycles. The molecule has 1 unspecified atom stereocenters. The molecule has 1 saturated heterocycles. The number of carboxylic acids is 1. The summed E-state index contributed by atoms with van der Waals surface area (Å²) in [5.41, 5.74) is 0.802. The van der Waals surface area contributed by atoms with Gasteiger partial charge < -0.3 is 14.7 Å². The van der Waals surface area contributed by atoms with E-state index >= 15 is 0 Å². The zero-order valence-electron chi connectivity index (χ0n) is 11.7. The molecule has 0 radical (unpaired) electrons. The fraction of sp³-hybridized carbons (Fsp3) is 0.714. The van der Waals surface area contributed by atoms with E-state index in [0.29, 0.717) is 12.3 Å². The lowest BCUT2D eigenvalue weighted by Crippen LogP contribution is -2.29. The molecule has 1 atom stereocenters. The van der Waals surface area contributed by atoms with Crippen molar-refractivity contribution >= 4 is 22.4 Å². The average Bonchev–Trinajstić information content (AvgIpc) is 2.98. The predicted molar refractivity (Wildman–Crippen MR) is 77.6 cm³/mol. The molecule has 1 aliphatic heterocycles. The maximum Gasteiger partial charge on any atom is 0.312 e. The quantitative estimate of drug-likeness (QED) is 0.922. The van der Waals surface area contributed by atoms with Gasteiger partial charge in [-0.05, 0) is 31.6 Å². The number of aromatic nitrogens is 1. The van der Waals surface area contributed by atoms with Crippen LogP contribution in [0.25, 0.3) is 0 Å². The molecule has 20 heavy (non-hydrogen) atoms. The highest BCUT2D eigenvalue weighted by Crippen LogP contribution is 2.39. The van der Waals surface area contributed by atoms with E-state index in [1.165, 1.54) is 0 Å². The number of thiazole rings is 1. The van der Waals surface area contributed by atoms with Gasteiger partial charge in [-0.1, -0.05) is 0 Å². The molecule has 0 amide bonds. The lowest BCUT2D eigenvalue weighted by atomic mass is 10.0. The Morgan fingerprint density at radius 2 is 2.20 bits per heavy atom. The topological polar surface area (TPSA) is 62.7 Å². The number of anilines is 1. The molecule has 1 aromatic rings. The molecule has 1 aromatic heterocycles. The second kappa shape index (κ2) is 5.69. The maximum atomic E-state index is 11.2. The summed E-state index contributed by atoms with van der Waals surface area (Å²) in [6, 6.07) is 0. The van der Waals surface area contributed by atoms with Gasteiger partial charge in [0.2, 0.25) is 0 Å². The molecule has 5 nitrogen and oxygen atoms in total. The van der Waals surface area contributed by atoms with E-state index in [0.717, 1.165) is 54.7 Å². The van der Waals surface area contributed by atoms with E-state index in [1.54, 1.807) is 11.3 Å². The summed E-state index contributed by atoms with van der Waals surface area (Å²) in [5.74, 6) is -0.484. The first-order chi connectivity index (χ1) is 9.65. The summed E-state index contributed by atoms with van der Waals surface area (Å²) in [5, 5.41) is 10.2. The molecule has 0 bridgehead atoms. The van der Waals surface area contributed by atoms with Gasteiger partial charge in [-0.25, -0.2) is 4.98 Å². The minimum Gasteiger partial charge on any atom is -0.481 e. The molecule has 1 N–H and O–H groups in total. The van der Waals surface area contributed by atoms with Crippen molar-refractivity contribution in [2.45, 2.75) is 31.6 Å². The molecular weight excluding hydrogens is 276 g/mol. The highest BCUT2D eigenvalue weighted by molar-refractivity contribution is 7.15. The highest BCUT2D eigenvalue weighted by atomic mass is 32.1. The molecule has 6 heteroatoms. The molecule has 110 valence electrons. The number of aliphatic carboxylic acids is 1. The van der Waals surface area contributed by atoms with Gasteiger partial charge in [-0.3, -0.25) is 4.79 Å². The fourth-order valence-electron chi connectivity index (χ4n) is 3.01. The second-order valence-electron chi connectivity index (χ2n) is 5.67. The first kappa shape index (κ1) is 13.8. The van der Waals surface area contributed by atoms with Gasteiger partial charge >= 0.3 is 5.97 Å². The Labute approximate surface area is 122 Å². The van der Waals surface area contributed by atoms with Gasteiger partial charge in [0, 0.05) is 31.7 Å². The molecule has 2 aliphatic rings. The third-order valence-electron chi connectivity index (χ3n) is 4.20. The van der Waals surface area contributed by atoms with Gasteiger partial charge in [-0.15, -0.1) is 11.3 Å². The Kier molecular flexibility index (Phi) is 3.94. The fourth-order valence-corrected chi connectivity index (χ4v) is 4.12. The zero-order valence-corrected chi connectivity index (χ0v) is 12.5. The minimum atomic E-state index is -0.743. The van der Waals surface area contributed by atoms with Gasteiger partial charge in [0.05, 0.1) is 5.69 Å². The number of carbonyl (C=O) groups is 1. The molecule has 0 spiro atoms. The Balaban J connectivity index is 1.68. The van der Waals surface area contributed by atoms with Crippen LogP contribution < -0.4 is 4.90 Å². The van der Waals surface area contributed by atoms with Crippen LogP contribution in [0.3, 0.4) is 0 Å². The Morgan fingerprint density at radius 3 is 2.90 bits per heavy atom. The van der Waals surface area contributed by atoms with Gasteiger partial charge in [0.15, 0.2) is 5.13 Å². The Hall–Kier alpha value is -1.14. The number of hydrogen-bond donors (Lipinski definition) is 1. The lowest BCUT2D eigenvalue weighted by molar-refractivity contribution is -0.138. The van der Waals surface area contributed by atoms with Crippen molar-refractivity contribution in [3.63, 3.8) is 0 Å². The van der Waals surface area contributed by atoms with Gasteiger partial charge in [0.25, 0.3) is 0 Å². The van der Waals surface area contributed by atoms with E-state index in [1.807, 2.05) is 0 Å². The molecular formula is C14H20N2O3S. The Morgan fingerprint density at radius 1 is 1.45 bits per heavy atom. The molecule has 1 aliphatic carbocycles. The van der Waals surface area contributed by atoms with E-state index in [2.05, 4.69) is 16.9 Å². The van der Waals surface area contributed by atoms with Crippen molar-refractivity contribution in [2.75, 3.05) is 31.7 Å². The van der Waals surface area contributed by atoms with E-state index < -0.39 is 11.9 Å². The van der Waals surface area contributed by atoms with Crippen LogP contribution in [0, 0.1) is 5.92 Å². The number of aryl methyl sites for hydroxylation is 1. The molecule has 0 saturated carbocycles. The number of hydrogen-bond acceptors (Lipinski definition) is 5. The summed E-state index contributed by atoms with van der Waals surface area (Å²) in [6.45, 7) is 2.69. The molecule has 3 rings (SSSR count). The standard InChI is InChI=1S/C14H20N2O3S/c1-16(8-9-4-6-19-7-5-9)14-15-12-10(13(17)18)2-3-11(12)20-14/h9-10H,2-8H2,1H3,(H,17,18). The van der Waals surface area contributed by atoms with Gasteiger partial charge in [-0.2, -0.15) is 0 Å². The summed E-state index contributed by atoms with van der Waals surface area (Å²) in [7, 11) is 2.05. The van der Waals surface area contributed by atoms with Gasteiger partial charge in [0.1, 0.15) is 5.92 Å². The van der Waals surface area contributed by atoms with Crippen molar-refractivity contribution in [3.8, 4) is 0 Å². The SMILES string of the molecule is CN(CC1CCOCC1)c1nc2c(s1)CCC2C(=O)O. The van der Waals surface area contributed by atoms with Crippen molar-refractivity contribution < 1.29 is 14.6 Å². The summed E-state index contributed by atoms with van der Waals surface area (Å²) >= 11 is 1.66. The smallest absolute Gasteiger partial charge is 0.312 e. The van der Waals surface area contributed by atoms with Crippen LogP contribution >= 0.6 is 11.3 Å². The normalized spacial score (nSPS) is 22.8. The van der Waals surface area contributed by atoms with Crippen LogP contribution in [0.5, 0.6) is 0 Å². The van der Waals surface area contributed by atoms with E-state index in [9.17, 15) is 9.90 Å². The van der Waals surface area contributed by atoms with Crippen LogP contribution in [0.1, 0.15) is 35.8 Å². The maximum absolute atomic E-state index is 11.2. The highest BCUT2D eigenvalue weighted by Gasteiger charge is 2.33. The minimum absolute atomic E-state index is 0.397. The number of carboxylic acid groups (broad SMARTS) is 1. The number of rotatable bonds is 4. The number of ether oxygens (including phenoxy) is 1.